The highest BCUT2D eigenvalue weighted by molar-refractivity contribution is 5.85. The largest absolute Gasteiger partial charge is 0.493 e. The van der Waals surface area contributed by atoms with Crippen LogP contribution in [-0.4, -0.2) is 43.5 Å². The van der Waals surface area contributed by atoms with Crippen molar-refractivity contribution >= 4 is 11.8 Å². The molecule has 29 heavy (non-hydrogen) atoms. The van der Waals surface area contributed by atoms with Crippen molar-refractivity contribution in [1.29, 1.82) is 0 Å². The third-order valence-corrected chi connectivity index (χ3v) is 5.27. The Hall–Kier alpha value is -2.24. The summed E-state index contributed by atoms with van der Waals surface area (Å²) in [6, 6.07) is 5.54. The van der Waals surface area contributed by atoms with Crippen molar-refractivity contribution in [2.75, 3.05) is 26.8 Å². The summed E-state index contributed by atoms with van der Waals surface area (Å²) in [6.07, 6.45) is 5.61. The van der Waals surface area contributed by atoms with Gasteiger partial charge in [-0.25, -0.2) is 0 Å². The van der Waals surface area contributed by atoms with E-state index in [0.717, 1.165) is 37.7 Å². The number of carbonyl (C=O) groups is 2. The van der Waals surface area contributed by atoms with Crippen molar-refractivity contribution in [3.05, 3.63) is 23.8 Å². The molecular weight excluding hydrogens is 368 g/mol. The fourth-order valence-corrected chi connectivity index (χ4v) is 3.40. The number of amides is 2. The lowest BCUT2D eigenvalue weighted by molar-refractivity contribution is -0.136. The van der Waals surface area contributed by atoms with Gasteiger partial charge in [0.05, 0.1) is 26.3 Å². The highest BCUT2D eigenvalue weighted by atomic mass is 16.5. The zero-order valence-corrected chi connectivity index (χ0v) is 18.3. The molecule has 0 aliphatic carbocycles. The van der Waals surface area contributed by atoms with Gasteiger partial charge in [-0.3, -0.25) is 9.59 Å². The third kappa shape index (κ3) is 7.59. The molecule has 162 valence electrons. The summed E-state index contributed by atoms with van der Waals surface area (Å²) in [4.78, 5) is 26.4. The smallest absolute Gasteiger partial charge is 0.240 e. The van der Waals surface area contributed by atoms with Gasteiger partial charge in [-0.15, -0.1) is 0 Å². The number of nitrogens with one attached hydrogen (secondary N) is 1. The Morgan fingerprint density at radius 2 is 1.90 bits per heavy atom. The van der Waals surface area contributed by atoms with Crippen LogP contribution in [0.5, 0.6) is 11.5 Å². The molecule has 0 bridgehead atoms. The average molecular weight is 405 g/mol. The van der Waals surface area contributed by atoms with E-state index in [4.69, 9.17) is 9.47 Å². The van der Waals surface area contributed by atoms with Crippen molar-refractivity contribution in [3.8, 4) is 11.5 Å². The molecule has 1 unspecified atom stereocenters. The van der Waals surface area contributed by atoms with Crippen molar-refractivity contribution in [2.24, 2.45) is 5.92 Å². The summed E-state index contributed by atoms with van der Waals surface area (Å²) < 4.78 is 11.3. The zero-order chi connectivity index (χ0) is 21.2. The molecule has 1 aliphatic heterocycles. The normalized spacial score (nSPS) is 16.2. The van der Waals surface area contributed by atoms with Crippen LogP contribution in [0.15, 0.2) is 18.2 Å². The number of rotatable bonds is 9. The molecule has 2 amide bonds. The van der Waals surface area contributed by atoms with Crippen molar-refractivity contribution < 1.29 is 19.1 Å². The fraction of sp³-hybridized carbons (Fsp3) is 0.652. The van der Waals surface area contributed by atoms with Gasteiger partial charge < -0.3 is 19.7 Å². The summed E-state index contributed by atoms with van der Waals surface area (Å²) in [5.74, 6) is 1.89. The van der Waals surface area contributed by atoms with Crippen LogP contribution in [0.25, 0.3) is 0 Å². The molecule has 0 saturated carbocycles. The van der Waals surface area contributed by atoms with Crippen LogP contribution in [0.3, 0.4) is 0 Å². The SMILES string of the molecule is COc1cc(C(C)NC(=O)CN2CCCCCCC2=O)ccc1OCCC(C)C. The van der Waals surface area contributed by atoms with E-state index in [1.165, 1.54) is 0 Å². The van der Waals surface area contributed by atoms with E-state index >= 15 is 0 Å². The molecule has 6 heteroatoms. The van der Waals surface area contributed by atoms with E-state index in [0.29, 0.717) is 37.0 Å². The summed E-state index contributed by atoms with van der Waals surface area (Å²) in [5, 5.41) is 3.00. The lowest BCUT2D eigenvalue weighted by atomic mass is 10.1. The van der Waals surface area contributed by atoms with Crippen molar-refractivity contribution in [3.63, 3.8) is 0 Å². The minimum atomic E-state index is -0.189. The van der Waals surface area contributed by atoms with Gasteiger partial charge in [-0.05, 0) is 49.8 Å². The maximum atomic E-state index is 12.5. The van der Waals surface area contributed by atoms with Gasteiger partial charge in [0.15, 0.2) is 11.5 Å². The summed E-state index contributed by atoms with van der Waals surface area (Å²) in [7, 11) is 1.62. The molecule has 1 heterocycles. The number of carbonyl (C=O) groups excluding carboxylic acids is 2. The Labute approximate surface area is 174 Å². The standard InChI is InChI=1S/C23H36N2O4/c1-17(2)12-14-29-20-11-10-19(15-21(20)28-4)18(3)24-22(26)16-25-13-8-6-5-7-9-23(25)27/h10-11,15,17-18H,5-9,12-14,16H2,1-4H3,(H,24,26). The Kier molecular flexibility index (Phi) is 9.29. The second-order valence-corrected chi connectivity index (χ2v) is 8.21. The lowest BCUT2D eigenvalue weighted by Gasteiger charge is -2.25. The number of hydrogen-bond acceptors (Lipinski definition) is 4. The monoisotopic (exact) mass is 404 g/mol. The van der Waals surface area contributed by atoms with Crippen LogP contribution in [0, 0.1) is 5.92 Å². The van der Waals surface area contributed by atoms with Gasteiger partial charge in [-0.1, -0.05) is 32.8 Å². The Morgan fingerprint density at radius 3 is 2.62 bits per heavy atom. The number of likely N-dealkylation sites (tertiary alicyclic amines) is 1. The maximum absolute atomic E-state index is 12.5. The first-order chi connectivity index (χ1) is 13.9. The minimum Gasteiger partial charge on any atom is -0.493 e. The molecule has 1 atom stereocenters. The zero-order valence-electron chi connectivity index (χ0n) is 18.3. The summed E-state index contributed by atoms with van der Waals surface area (Å²) in [5.41, 5.74) is 0.936. The Balaban J connectivity index is 1.93. The third-order valence-electron chi connectivity index (χ3n) is 5.27. The van der Waals surface area contributed by atoms with Crippen LogP contribution in [-0.2, 0) is 9.59 Å². The average Bonchev–Trinajstić information content (AvgIpc) is 2.67. The van der Waals surface area contributed by atoms with Crippen LogP contribution in [0.2, 0.25) is 0 Å². The molecule has 1 fully saturated rings. The van der Waals surface area contributed by atoms with Crippen LogP contribution in [0.1, 0.15) is 70.9 Å². The first kappa shape index (κ1) is 23.0. The van der Waals surface area contributed by atoms with E-state index < -0.39 is 0 Å². The van der Waals surface area contributed by atoms with E-state index in [1.807, 2.05) is 25.1 Å². The number of methoxy groups -OCH3 is 1. The van der Waals surface area contributed by atoms with Crippen LogP contribution >= 0.6 is 0 Å². The Bertz CT molecular complexity index is 675. The molecule has 1 N–H and O–H groups in total. The summed E-state index contributed by atoms with van der Waals surface area (Å²) in [6.45, 7) is 7.68. The number of benzene rings is 1. The number of hydrogen-bond donors (Lipinski definition) is 1. The predicted octanol–water partition coefficient (Wildman–Crippen LogP) is 4.09. The number of ether oxygens (including phenoxy) is 2. The van der Waals surface area contributed by atoms with E-state index in [-0.39, 0.29) is 24.4 Å². The van der Waals surface area contributed by atoms with Gasteiger partial charge in [0.25, 0.3) is 0 Å². The van der Waals surface area contributed by atoms with Gasteiger partial charge in [0.1, 0.15) is 0 Å². The first-order valence-electron chi connectivity index (χ1n) is 10.8. The molecular formula is C23H36N2O4. The fourth-order valence-electron chi connectivity index (χ4n) is 3.40. The van der Waals surface area contributed by atoms with E-state index in [1.54, 1.807) is 12.0 Å². The van der Waals surface area contributed by atoms with Gasteiger partial charge >= 0.3 is 0 Å². The van der Waals surface area contributed by atoms with Crippen LogP contribution < -0.4 is 14.8 Å². The molecule has 0 spiro atoms. The molecule has 1 aromatic carbocycles. The van der Waals surface area contributed by atoms with Crippen LogP contribution in [0.4, 0.5) is 0 Å². The van der Waals surface area contributed by atoms with Crippen molar-refractivity contribution in [1.82, 2.24) is 10.2 Å². The first-order valence-corrected chi connectivity index (χ1v) is 10.8. The van der Waals surface area contributed by atoms with Gasteiger partial charge in [0, 0.05) is 13.0 Å². The second-order valence-electron chi connectivity index (χ2n) is 8.21. The predicted molar refractivity (Wildman–Crippen MR) is 114 cm³/mol. The highest BCUT2D eigenvalue weighted by Crippen LogP contribution is 2.30. The van der Waals surface area contributed by atoms with Gasteiger partial charge in [-0.2, -0.15) is 0 Å². The highest BCUT2D eigenvalue weighted by Gasteiger charge is 2.20. The van der Waals surface area contributed by atoms with E-state index in [2.05, 4.69) is 19.2 Å². The number of nitrogens with zero attached hydrogens (tertiary/aromatic N) is 1. The Morgan fingerprint density at radius 1 is 1.14 bits per heavy atom. The quantitative estimate of drug-likeness (QED) is 0.673. The molecule has 6 nitrogen and oxygen atoms in total. The summed E-state index contributed by atoms with van der Waals surface area (Å²) >= 11 is 0. The van der Waals surface area contributed by atoms with E-state index in [9.17, 15) is 9.59 Å². The van der Waals surface area contributed by atoms with Gasteiger partial charge in [0.2, 0.25) is 11.8 Å². The molecule has 1 aromatic rings. The minimum absolute atomic E-state index is 0.0806. The topological polar surface area (TPSA) is 67.9 Å². The maximum Gasteiger partial charge on any atom is 0.240 e. The molecule has 0 aromatic heterocycles. The lowest BCUT2D eigenvalue weighted by Crippen LogP contribution is -2.42. The molecule has 1 saturated heterocycles. The van der Waals surface area contributed by atoms with Crippen molar-refractivity contribution in [2.45, 2.75) is 65.3 Å². The molecule has 0 radical (unpaired) electrons. The molecule has 2 rings (SSSR count). The molecule has 1 aliphatic rings. The second kappa shape index (κ2) is 11.7.